The van der Waals surface area contributed by atoms with E-state index in [0.717, 1.165) is 0 Å². The molecule has 6 aromatic carbocycles. The van der Waals surface area contributed by atoms with E-state index in [1.54, 1.807) is 0 Å². The molecular weight excluding hydrogens is 852 g/mol. The maximum atomic E-state index is 2.84. The highest BCUT2D eigenvalue weighted by molar-refractivity contribution is 7.26. The summed E-state index contributed by atoms with van der Waals surface area (Å²) < 4.78 is 2.70. The van der Waals surface area contributed by atoms with Gasteiger partial charge in [0.1, 0.15) is 0 Å². The third-order valence-corrected chi connectivity index (χ3v) is 20.0. The molecule has 0 spiro atoms. The van der Waals surface area contributed by atoms with Crippen LogP contribution in [-0.4, -0.2) is 6.85 Å². The van der Waals surface area contributed by atoms with Gasteiger partial charge in [-0.25, -0.2) is 0 Å². The summed E-state index contributed by atoms with van der Waals surface area (Å²) in [7, 11) is 0. The van der Waals surface area contributed by atoms with E-state index in [1.165, 1.54) is 154 Å². The lowest BCUT2D eigenvalue weighted by molar-refractivity contribution is 0.332. The van der Waals surface area contributed by atoms with Gasteiger partial charge in [0.15, 0.2) is 0 Å². The van der Waals surface area contributed by atoms with E-state index in [9.17, 15) is 0 Å². The molecule has 0 bridgehead atoms. The third-order valence-electron chi connectivity index (χ3n) is 18.9. The van der Waals surface area contributed by atoms with Crippen molar-refractivity contribution in [1.82, 2.24) is 0 Å². The molecule has 69 heavy (non-hydrogen) atoms. The molecule has 2 nitrogen and oxygen atoms in total. The number of fused-ring (bicyclic) bond motifs is 11. The van der Waals surface area contributed by atoms with Crippen molar-refractivity contribution in [3.63, 3.8) is 0 Å². The lowest BCUT2D eigenvalue weighted by Crippen LogP contribution is -2.62. The number of hydrogen-bond acceptors (Lipinski definition) is 3. The number of hydrogen-bond donors (Lipinski definition) is 0. The minimum absolute atomic E-state index is 0.0570. The van der Waals surface area contributed by atoms with Crippen LogP contribution in [0.2, 0.25) is 0 Å². The summed E-state index contributed by atoms with van der Waals surface area (Å²) in [6.07, 6.45) is 7.14. The van der Waals surface area contributed by atoms with E-state index in [-0.39, 0.29) is 44.8 Å². The van der Waals surface area contributed by atoms with Crippen LogP contribution in [0.1, 0.15) is 187 Å². The fraction of sp³-hybridized carbons (Fsp3) is 0.446. The van der Waals surface area contributed by atoms with Crippen molar-refractivity contribution < 1.29 is 0 Å². The third kappa shape index (κ3) is 6.48. The summed E-state index contributed by atoms with van der Waals surface area (Å²) in [5, 5.41) is 2.73. The molecule has 3 heterocycles. The standard InChI is InChI=1S/C65H75BN2S/c1-38-31-45-48(64(13,14)29-27-61(45,7)8)36-51(38)67-53-33-39(59(2,3)4)32-43-42-35-47-49(65(15,16)30-28-63(47,11)12)37-52(42)68(40-21-22-44-46(34-40)62(9,10)26-25-60(44,5)6)66(57(43)53)50-23-24-55-56(58(50)67)41-19-17-18-20-54(41)69-55/h17-24,31-37H,25-30H2,1-16H3. The number of benzene rings is 6. The van der Waals surface area contributed by atoms with Crippen molar-refractivity contribution >= 4 is 77.7 Å². The number of rotatable bonds is 2. The van der Waals surface area contributed by atoms with Crippen molar-refractivity contribution in [3.05, 3.63) is 136 Å². The van der Waals surface area contributed by atoms with Crippen molar-refractivity contribution in [2.75, 3.05) is 9.71 Å². The second-order valence-electron chi connectivity index (χ2n) is 27.4. The van der Waals surface area contributed by atoms with Gasteiger partial charge < -0.3 is 9.71 Å². The Morgan fingerprint density at radius 1 is 0.493 bits per heavy atom. The normalized spacial score (nSPS) is 20.7. The van der Waals surface area contributed by atoms with E-state index in [2.05, 4.69) is 211 Å². The molecule has 4 heteroatoms. The van der Waals surface area contributed by atoms with Crippen LogP contribution in [0.25, 0.3) is 31.3 Å². The second kappa shape index (κ2) is 14.2. The van der Waals surface area contributed by atoms with Crippen LogP contribution in [0.5, 0.6) is 0 Å². The minimum Gasteiger partial charge on any atom is -0.376 e. The molecule has 5 aliphatic rings. The summed E-state index contributed by atoms with van der Waals surface area (Å²) in [5.74, 6) is 0. The number of thiophene rings is 1. The topological polar surface area (TPSA) is 6.48 Å². The SMILES string of the molecule is Cc1cc2c(cc1N1c3cc(C(C)(C)C)cc4c3B(c3ccc5sc6ccccc6c5c31)N(c1ccc3c(c1)C(C)(C)CCC3(C)C)c1cc3c(cc1-4)C(C)(C)CCC3(C)C)C(C)(C)CCC2(C)C. The number of anilines is 5. The van der Waals surface area contributed by atoms with Gasteiger partial charge in [-0.3, -0.25) is 0 Å². The van der Waals surface area contributed by atoms with Gasteiger partial charge in [0.05, 0.1) is 5.69 Å². The van der Waals surface area contributed by atoms with Gasteiger partial charge in [0, 0.05) is 48.5 Å². The van der Waals surface area contributed by atoms with Crippen LogP contribution in [-0.2, 0) is 37.9 Å². The molecule has 0 atom stereocenters. The summed E-state index contributed by atoms with van der Waals surface area (Å²) in [6.45, 7) is 39.5. The first-order valence-electron chi connectivity index (χ1n) is 26.4. The first-order valence-corrected chi connectivity index (χ1v) is 27.2. The zero-order chi connectivity index (χ0) is 48.9. The molecule has 0 unspecified atom stereocenters. The zero-order valence-electron chi connectivity index (χ0n) is 44.8. The molecule has 7 aromatic rings. The largest absolute Gasteiger partial charge is 0.376 e. The highest BCUT2D eigenvalue weighted by atomic mass is 32.1. The van der Waals surface area contributed by atoms with E-state index in [0.29, 0.717) is 0 Å². The van der Waals surface area contributed by atoms with Crippen molar-refractivity contribution in [3.8, 4) is 11.1 Å². The van der Waals surface area contributed by atoms with Crippen LogP contribution < -0.4 is 20.6 Å². The predicted octanol–water partition coefficient (Wildman–Crippen LogP) is 17.4. The van der Waals surface area contributed by atoms with Crippen LogP contribution >= 0.6 is 11.3 Å². The van der Waals surface area contributed by atoms with E-state index in [1.807, 2.05) is 11.3 Å². The van der Waals surface area contributed by atoms with Crippen LogP contribution in [0.3, 0.4) is 0 Å². The second-order valence-corrected chi connectivity index (χ2v) is 28.5. The molecule has 0 amide bonds. The fourth-order valence-corrected chi connectivity index (χ4v) is 15.1. The van der Waals surface area contributed by atoms with E-state index >= 15 is 0 Å². The zero-order valence-corrected chi connectivity index (χ0v) is 45.6. The van der Waals surface area contributed by atoms with E-state index < -0.39 is 0 Å². The molecule has 0 radical (unpaired) electrons. The molecule has 12 rings (SSSR count). The molecule has 0 fully saturated rings. The predicted molar refractivity (Wildman–Crippen MR) is 302 cm³/mol. The van der Waals surface area contributed by atoms with Crippen LogP contribution in [0.4, 0.5) is 28.4 Å². The van der Waals surface area contributed by atoms with Gasteiger partial charge in [-0.1, -0.05) is 146 Å². The summed E-state index contributed by atoms with van der Waals surface area (Å²) >= 11 is 1.95. The Balaban J connectivity index is 1.27. The van der Waals surface area contributed by atoms with Gasteiger partial charge in [0.25, 0.3) is 0 Å². The Morgan fingerprint density at radius 3 is 1.64 bits per heavy atom. The Bertz CT molecular complexity index is 3360. The first-order chi connectivity index (χ1) is 32.2. The van der Waals surface area contributed by atoms with Gasteiger partial charge in [0.2, 0.25) is 0 Å². The molecule has 2 aliphatic heterocycles. The lowest BCUT2D eigenvalue weighted by atomic mass is 9.43. The number of nitrogens with zero attached hydrogens (tertiary/aromatic N) is 2. The summed E-state index contributed by atoms with van der Waals surface area (Å²) in [6, 6.07) is 37.8. The fourth-order valence-electron chi connectivity index (χ4n) is 14.0. The van der Waals surface area contributed by atoms with Gasteiger partial charge >= 0.3 is 6.85 Å². The average molecular weight is 927 g/mol. The molecule has 0 saturated heterocycles. The van der Waals surface area contributed by atoms with Crippen molar-refractivity contribution in [2.45, 2.75) is 187 Å². The molecular formula is C65H75BN2S. The maximum absolute atomic E-state index is 2.84. The Hall–Kier alpha value is -4.80. The number of aryl methyl sites for hydroxylation is 1. The maximum Gasteiger partial charge on any atom is 0.333 e. The van der Waals surface area contributed by atoms with E-state index in [4.69, 9.17) is 0 Å². The molecule has 0 saturated carbocycles. The smallest absolute Gasteiger partial charge is 0.333 e. The Kier molecular flexibility index (Phi) is 9.34. The molecule has 3 aliphatic carbocycles. The molecule has 354 valence electrons. The minimum atomic E-state index is -0.0887. The highest BCUT2D eigenvalue weighted by Gasteiger charge is 2.50. The lowest BCUT2D eigenvalue weighted by Gasteiger charge is -2.49. The van der Waals surface area contributed by atoms with Crippen LogP contribution in [0.15, 0.2) is 91.0 Å². The van der Waals surface area contributed by atoms with Crippen LogP contribution in [0, 0.1) is 6.92 Å². The van der Waals surface area contributed by atoms with Crippen molar-refractivity contribution in [2.24, 2.45) is 0 Å². The summed E-state index contributed by atoms with van der Waals surface area (Å²) in [4.78, 5) is 5.64. The highest BCUT2D eigenvalue weighted by Crippen LogP contribution is 2.57. The van der Waals surface area contributed by atoms with Crippen molar-refractivity contribution in [1.29, 1.82) is 0 Å². The first kappa shape index (κ1) is 45.4. The Labute approximate surface area is 419 Å². The van der Waals surface area contributed by atoms with Gasteiger partial charge in [-0.05, 0) is 193 Å². The van der Waals surface area contributed by atoms with Gasteiger partial charge in [-0.2, -0.15) is 0 Å². The Morgan fingerprint density at radius 2 is 1.03 bits per heavy atom. The average Bonchev–Trinajstić information content (AvgIpc) is 3.67. The summed E-state index contributed by atoms with van der Waals surface area (Å²) in [5.41, 5.74) is 24.5. The van der Waals surface area contributed by atoms with Gasteiger partial charge in [-0.15, -0.1) is 11.3 Å². The monoisotopic (exact) mass is 927 g/mol. The molecule has 0 N–H and O–H groups in total. The molecule has 1 aromatic heterocycles. The quantitative estimate of drug-likeness (QED) is 0.159.